The minimum Gasteiger partial charge on any atom is -0.462 e. The van der Waals surface area contributed by atoms with Gasteiger partial charge in [0.1, 0.15) is 24.6 Å². The summed E-state index contributed by atoms with van der Waals surface area (Å²) in [5.74, 6) is -0.632. The van der Waals surface area contributed by atoms with Gasteiger partial charge >= 0.3 is 11.9 Å². The van der Waals surface area contributed by atoms with Crippen LogP contribution in [0.5, 0.6) is 0 Å². The summed E-state index contributed by atoms with van der Waals surface area (Å²) in [6.07, 6.45) is 6.16. The van der Waals surface area contributed by atoms with Gasteiger partial charge in [-0.1, -0.05) is 6.92 Å². The van der Waals surface area contributed by atoms with Crippen LogP contribution in [0.4, 0.5) is 0 Å². The van der Waals surface area contributed by atoms with Gasteiger partial charge in [-0.2, -0.15) is 0 Å². The van der Waals surface area contributed by atoms with E-state index >= 15 is 0 Å². The van der Waals surface area contributed by atoms with Crippen molar-refractivity contribution in [2.24, 2.45) is 5.92 Å². The van der Waals surface area contributed by atoms with Gasteiger partial charge in [-0.15, -0.1) is 0 Å². The molecule has 0 aromatic rings. The third-order valence-electron chi connectivity index (χ3n) is 4.53. The number of aldehydes is 1. The number of carbonyl (C=O) groups excluding carboxylic acids is 3. The molecule has 0 bridgehead atoms. The summed E-state index contributed by atoms with van der Waals surface area (Å²) in [5.41, 5.74) is 0.439. The Labute approximate surface area is 149 Å². The van der Waals surface area contributed by atoms with E-state index in [2.05, 4.69) is 0 Å². The zero-order valence-electron chi connectivity index (χ0n) is 15.7. The van der Waals surface area contributed by atoms with E-state index < -0.39 is 5.60 Å². The molecule has 0 N–H and O–H groups in total. The molecule has 0 aliphatic carbocycles. The molecule has 0 saturated carbocycles. The molecule has 25 heavy (non-hydrogen) atoms. The van der Waals surface area contributed by atoms with E-state index in [1.807, 2.05) is 19.9 Å². The largest absolute Gasteiger partial charge is 0.462 e. The van der Waals surface area contributed by atoms with Crippen molar-refractivity contribution in [3.8, 4) is 0 Å². The van der Waals surface area contributed by atoms with Gasteiger partial charge in [-0.3, -0.25) is 9.59 Å². The number of ether oxygens (including phenoxy) is 3. The van der Waals surface area contributed by atoms with Crippen molar-refractivity contribution in [3.63, 3.8) is 0 Å². The lowest BCUT2D eigenvalue weighted by Crippen LogP contribution is -2.43. The van der Waals surface area contributed by atoms with Crippen molar-refractivity contribution in [1.82, 2.24) is 0 Å². The Balaban J connectivity index is 2.75. The van der Waals surface area contributed by atoms with E-state index in [0.717, 1.165) is 31.1 Å². The van der Waals surface area contributed by atoms with Gasteiger partial charge in [-0.05, 0) is 50.7 Å². The van der Waals surface area contributed by atoms with Crippen LogP contribution in [0, 0.1) is 5.92 Å². The molecule has 0 aromatic carbocycles. The summed E-state index contributed by atoms with van der Waals surface area (Å²) in [5, 5.41) is 0. The van der Waals surface area contributed by atoms with Crippen LogP contribution in [0.25, 0.3) is 0 Å². The lowest BCUT2D eigenvalue weighted by atomic mass is 9.88. The number of hydrogen-bond acceptors (Lipinski definition) is 6. The Bertz CT molecular complexity index is 498. The summed E-state index contributed by atoms with van der Waals surface area (Å²) in [6.45, 7) is 7.26. The fourth-order valence-electron chi connectivity index (χ4n) is 2.94. The molecule has 1 saturated heterocycles. The molecule has 1 aliphatic rings. The number of rotatable bonds is 8. The first-order valence-corrected chi connectivity index (χ1v) is 8.84. The SMILES string of the molecule is CC(=O)OC/C=C1\CC[C@@H](OC(C)=O)C(C)(CCCC(C)C=O)OC1. The molecule has 6 heteroatoms. The molecule has 1 aliphatic heterocycles. The normalized spacial score (nSPS) is 26.6. The van der Waals surface area contributed by atoms with Crippen molar-refractivity contribution >= 4 is 18.2 Å². The number of hydrogen-bond donors (Lipinski definition) is 0. The third kappa shape index (κ3) is 7.82. The Morgan fingerprint density at radius 1 is 1.36 bits per heavy atom. The third-order valence-corrected chi connectivity index (χ3v) is 4.53. The van der Waals surface area contributed by atoms with E-state index in [-0.39, 0.29) is 30.6 Å². The molecular formula is C19H30O6. The van der Waals surface area contributed by atoms with E-state index in [0.29, 0.717) is 19.4 Å². The van der Waals surface area contributed by atoms with Crippen LogP contribution in [0.2, 0.25) is 0 Å². The van der Waals surface area contributed by atoms with Gasteiger partial charge < -0.3 is 19.0 Å². The highest BCUT2D eigenvalue weighted by Crippen LogP contribution is 2.33. The minimum atomic E-state index is -0.592. The molecule has 6 nitrogen and oxygen atoms in total. The molecule has 142 valence electrons. The van der Waals surface area contributed by atoms with E-state index in [1.165, 1.54) is 13.8 Å². The highest BCUT2D eigenvalue weighted by molar-refractivity contribution is 5.66. The molecular weight excluding hydrogens is 324 g/mol. The first-order chi connectivity index (χ1) is 11.8. The first kappa shape index (κ1) is 21.4. The predicted molar refractivity (Wildman–Crippen MR) is 92.9 cm³/mol. The Morgan fingerprint density at radius 3 is 2.68 bits per heavy atom. The van der Waals surface area contributed by atoms with Gasteiger partial charge in [0, 0.05) is 19.8 Å². The maximum atomic E-state index is 11.5. The number of carbonyl (C=O) groups is 3. The van der Waals surface area contributed by atoms with Gasteiger partial charge in [0.15, 0.2) is 0 Å². The van der Waals surface area contributed by atoms with Crippen LogP contribution < -0.4 is 0 Å². The highest BCUT2D eigenvalue weighted by Gasteiger charge is 2.39. The molecule has 1 heterocycles. The average molecular weight is 354 g/mol. The Hall–Kier alpha value is -1.69. The fraction of sp³-hybridized carbons (Fsp3) is 0.737. The number of esters is 2. The Morgan fingerprint density at radius 2 is 2.08 bits per heavy atom. The second-order valence-corrected chi connectivity index (χ2v) is 6.91. The predicted octanol–water partition coefficient (Wildman–Crippen LogP) is 2.98. The van der Waals surface area contributed by atoms with E-state index in [4.69, 9.17) is 14.2 Å². The first-order valence-electron chi connectivity index (χ1n) is 8.84. The summed E-state index contributed by atoms with van der Waals surface area (Å²) in [6, 6.07) is 0. The van der Waals surface area contributed by atoms with Gasteiger partial charge in [0.25, 0.3) is 0 Å². The summed E-state index contributed by atoms with van der Waals surface area (Å²) in [7, 11) is 0. The Kier molecular flexibility index (Phi) is 8.83. The van der Waals surface area contributed by atoms with Crippen LogP contribution in [0.1, 0.15) is 59.8 Å². The molecule has 1 rings (SSSR count). The van der Waals surface area contributed by atoms with Crippen LogP contribution >= 0.6 is 0 Å². The molecule has 2 unspecified atom stereocenters. The van der Waals surface area contributed by atoms with Crippen molar-refractivity contribution in [2.45, 2.75) is 71.5 Å². The lowest BCUT2D eigenvalue weighted by molar-refractivity contribution is -0.167. The maximum Gasteiger partial charge on any atom is 0.303 e. The zero-order chi connectivity index (χ0) is 18.9. The van der Waals surface area contributed by atoms with Crippen LogP contribution in [0.3, 0.4) is 0 Å². The van der Waals surface area contributed by atoms with Gasteiger partial charge in [0.2, 0.25) is 0 Å². The van der Waals surface area contributed by atoms with Crippen LogP contribution in [-0.4, -0.2) is 43.1 Å². The average Bonchev–Trinajstić information content (AvgIpc) is 2.68. The molecule has 0 spiro atoms. The highest BCUT2D eigenvalue weighted by atomic mass is 16.6. The monoisotopic (exact) mass is 354 g/mol. The summed E-state index contributed by atoms with van der Waals surface area (Å²) < 4.78 is 16.6. The molecule has 0 aromatic heterocycles. The van der Waals surface area contributed by atoms with Crippen molar-refractivity contribution < 1.29 is 28.6 Å². The van der Waals surface area contributed by atoms with Crippen LogP contribution in [0.15, 0.2) is 11.6 Å². The minimum absolute atomic E-state index is 0.0146. The van der Waals surface area contributed by atoms with Gasteiger partial charge in [0.05, 0.1) is 6.61 Å². The van der Waals surface area contributed by atoms with Gasteiger partial charge in [-0.25, -0.2) is 0 Å². The fourth-order valence-corrected chi connectivity index (χ4v) is 2.94. The van der Waals surface area contributed by atoms with Crippen molar-refractivity contribution in [3.05, 3.63) is 11.6 Å². The second kappa shape index (κ2) is 10.3. The zero-order valence-corrected chi connectivity index (χ0v) is 15.7. The summed E-state index contributed by atoms with van der Waals surface area (Å²) >= 11 is 0. The quantitative estimate of drug-likeness (QED) is 0.379. The molecule has 3 atom stereocenters. The molecule has 0 radical (unpaired) electrons. The second-order valence-electron chi connectivity index (χ2n) is 6.91. The standard InChI is InChI=1S/C19H30O6/c1-14(12-20)6-5-10-19(4)18(25-16(3)22)8-7-17(13-24-19)9-11-23-15(2)21/h9,12,14,18H,5-8,10-11,13H2,1-4H3/b17-9+/t14?,18-,19?/m1/s1. The smallest absolute Gasteiger partial charge is 0.303 e. The maximum absolute atomic E-state index is 11.5. The van der Waals surface area contributed by atoms with Crippen molar-refractivity contribution in [1.29, 1.82) is 0 Å². The van der Waals surface area contributed by atoms with E-state index in [9.17, 15) is 14.4 Å². The van der Waals surface area contributed by atoms with Crippen LogP contribution in [-0.2, 0) is 28.6 Å². The summed E-state index contributed by atoms with van der Waals surface area (Å²) in [4.78, 5) is 33.1. The van der Waals surface area contributed by atoms with E-state index in [1.54, 1.807) is 0 Å². The van der Waals surface area contributed by atoms with Crippen molar-refractivity contribution in [2.75, 3.05) is 13.2 Å². The molecule has 0 amide bonds. The topological polar surface area (TPSA) is 78.9 Å². The molecule has 1 fully saturated rings. The lowest BCUT2D eigenvalue weighted by Gasteiger charge is -2.35.